The lowest BCUT2D eigenvalue weighted by Gasteiger charge is -2.02. The normalized spacial score (nSPS) is 10.2. The van der Waals surface area contributed by atoms with Gasteiger partial charge in [0.05, 0.1) is 11.6 Å². The molecule has 0 saturated heterocycles. The monoisotopic (exact) mass is 305 g/mol. The van der Waals surface area contributed by atoms with Gasteiger partial charge in [0, 0.05) is 10.6 Å². The standard InChI is InChI=1S/C13H13Cl2NO.ClH/c1-2-16-8-10-4-6-13(17-10)11-7-9(14)3-5-12(11)15;/h3-7,16H,2,8H2,1H3;1H. The van der Waals surface area contributed by atoms with Gasteiger partial charge in [0.1, 0.15) is 11.5 Å². The Labute approximate surface area is 123 Å². The Balaban J connectivity index is 0.00000162. The Bertz CT molecular complexity index is 511. The van der Waals surface area contributed by atoms with E-state index in [2.05, 4.69) is 12.2 Å². The Hall–Kier alpha value is -0.670. The molecular formula is C13H14Cl3NO. The van der Waals surface area contributed by atoms with Crippen molar-refractivity contribution in [3.63, 3.8) is 0 Å². The van der Waals surface area contributed by atoms with Crippen LogP contribution in [0.25, 0.3) is 11.3 Å². The number of hydrogen-bond acceptors (Lipinski definition) is 2. The highest BCUT2D eigenvalue weighted by Gasteiger charge is 2.09. The van der Waals surface area contributed by atoms with Crippen LogP contribution in [0.15, 0.2) is 34.7 Å². The number of nitrogens with one attached hydrogen (secondary N) is 1. The van der Waals surface area contributed by atoms with E-state index in [1.807, 2.05) is 12.1 Å². The van der Waals surface area contributed by atoms with Crippen LogP contribution >= 0.6 is 35.6 Å². The van der Waals surface area contributed by atoms with E-state index in [0.29, 0.717) is 16.6 Å². The maximum Gasteiger partial charge on any atom is 0.135 e. The lowest BCUT2D eigenvalue weighted by atomic mass is 10.2. The van der Waals surface area contributed by atoms with Gasteiger partial charge in [0.2, 0.25) is 0 Å². The first-order valence-corrected chi connectivity index (χ1v) is 6.21. The average molecular weight is 307 g/mol. The van der Waals surface area contributed by atoms with Crippen LogP contribution in [0.5, 0.6) is 0 Å². The molecule has 2 nitrogen and oxygen atoms in total. The third-order valence-corrected chi connectivity index (χ3v) is 2.97. The number of rotatable bonds is 4. The fourth-order valence-electron chi connectivity index (χ4n) is 1.55. The van der Waals surface area contributed by atoms with Gasteiger partial charge in [-0.2, -0.15) is 0 Å². The number of benzene rings is 1. The molecule has 0 aliphatic heterocycles. The van der Waals surface area contributed by atoms with Crippen molar-refractivity contribution in [2.24, 2.45) is 0 Å². The van der Waals surface area contributed by atoms with Crippen LogP contribution in [0.4, 0.5) is 0 Å². The topological polar surface area (TPSA) is 25.2 Å². The van der Waals surface area contributed by atoms with Gasteiger partial charge in [-0.3, -0.25) is 0 Å². The summed E-state index contributed by atoms with van der Waals surface area (Å²) in [4.78, 5) is 0. The van der Waals surface area contributed by atoms with Crippen molar-refractivity contribution in [3.8, 4) is 11.3 Å². The van der Waals surface area contributed by atoms with Crippen molar-refractivity contribution in [2.75, 3.05) is 6.54 Å². The SMILES string of the molecule is CCNCc1ccc(-c2cc(Cl)ccc2Cl)o1.Cl. The molecule has 1 aromatic carbocycles. The average Bonchev–Trinajstić information content (AvgIpc) is 2.78. The minimum absolute atomic E-state index is 0. The largest absolute Gasteiger partial charge is 0.460 e. The quantitative estimate of drug-likeness (QED) is 0.879. The van der Waals surface area contributed by atoms with Gasteiger partial charge in [-0.25, -0.2) is 0 Å². The molecule has 1 heterocycles. The first-order chi connectivity index (χ1) is 8.20. The minimum Gasteiger partial charge on any atom is -0.460 e. The molecule has 18 heavy (non-hydrogen) atoms. The Morgan fingerprint density at radius 3 is 2.67 bits per heavy atom. The number of furan rings is 1. The molecule has 2 rings (SSSR count). The summed E-state index contributed by atoms with van der Waals surface area (Å²) in [6.07, 6.45) is 0. The zero-order valence-electron chi connectivity index (χ0n) is 9.87. The first-order valence-electron chi connectivity index (χ1n) is 5.45. The van der Waals surface area contributed by atoms with E-state index in [-0.39, 0.29) is 12.4 Å². The fraction of sp³-hybridized carbons (Fsp3) is 0.231. The van der Waals surface area contributed by atoms with Crippen molar-refractivity contribution < 1.29 is 4.42 Å². The van der Waals surface area contributed by atoms with Gasteiger partial charge < -0.3 is 9.73 Å². The van der Waals surface area contributed by atoms with Crippen LogP contribution in [-0.2, 0) is 6.54 Å². The Morgan fingerprint density at radius 2 is 1.94 bits per heavy atom. The molecule has 2 aromatic rings. The molecule has 0 spiro atoms. The van der Waals surface area contributed by atoms with Gasteiger partial charge in [0.25, 0.3) is 0 Å². The molecule has 0 bridgehead atoms. The van der Waals surface area contributed by atoms with E-state index in [1.165, 1.54) is 0 Å². The van der Waals surface area contributed by atoms with Crippen molar-refractivity contribution >= 4 is 35.6 Å². The van der Waals surface area contributed by atoms with Gasteiger partial charge in [-0.15, -0.1) is 12.4 Å². The van der Waals surface area contributed by atoms with Gasteiger partial charge in [-0.05, 0) is 36.9 Å². The zero-order valence-corrected chi connectivity index (χ0v) is 12.2. The molecular weight excluding hydrogens is 293 g/mol. The van der Waals surface area contributed by atoms with Gasteiger partial charge in [0.15, 0.2) is 0 Å². The second-order valence-corrected chi connectivity index (χ2v) is 4.51. The van der Waals surface area contributed by atoms with Crippen molar-refractivity contribution in [3.05, 3.63) is 46.1 Å². The van der Waals surface area contributed by atoms with Crippen LogP contribution in [0, 0.1) is 0 Å². The summed E-state index contributed by atoms with van der Waals surface area (Å²) in [6.45, 7) is 3.68. The van der Waals surface area contributed by atoms with Crippen molar-refractivity contribution in [1.82, 2.24) is 5.32 Å². The summed E-state index contributed by atoms with van der Waals surface area (Å²) in [6, 6.07) is 9.18. The van der Waals surface area contributed by atoms with Gasteiger partial charge in [-0.1, -0.05) is 30.1 Å². The van der Waals surface area contributed by atoms with Crippen LogP contribution in [-0.4, -0.2) is 6.54 Å². The summed E-state index contributed by atoms with van der Waals surface area (Å²) in [5.74, 6) is 1.63. The van der Waals surface area contributed by atoms with Crippen molar-refractivity contribution in [2.45, 2.75) is 13.5 Å². The van der Waals surface area contributed by atoms with Crippen LogP contribution < -0.4 is 5.32 Å². The Kier molecular flexibility index (Phi) is 6.03. The smallest absolute Gasteiger partial charge is 0.135 e. The van der Waals surface area contributed by atoms with E-state index < -0.39 is 0 Å². The molecule has 0 radical (unpaired) electrons. The van der Waals surface area contributed by atoms with Crippen LogP contribution in [0.2, 0.25) is 10.0 Å². The molecule has 0 aliphatic rings. The second-order valence-electron chi connectivity index (χ2n) is 3.67. The summed E-state index contributed by atoms with van der Waals surface area (Å²) >= 11 is 12.1. The van der Waals surface area contributed by atoms with Gasteiger partial charge >= 0.3 is 0 Å². The third-order valence-electron chi connectivity index (χ3n) is 2.40. The van der Waals surface area contributed by atoms with Crippen molar-refractivity contribution in [1.29, 1.82) is 0 Å². The highest BCUT2D eigenvalue weighted by Crippen LogP contribution is 2.31. The summed E-state index contributed by atoms with van der Waals surface area (Å²) in [5.41, 5.74) is 0.821. The maximum atomic E-state index is 6.11. The first kappa shape index (κ1) is 15.4. The van der Waals surface area contributed by atoms with E-state index in [0.717, 1.165) is 23.6 Å². The zero-order chi connectivity index (χ0) is 12.3. The highest BCUT2D eigenvalue weighted by atomic mass is 35.5. The molecule has 0 amide bonds. The molecule has 98 valence electrons. The fourth-order valence-corrected chi connectivity index (χ4v) is 1.93. The van der Waals surface area contributed by atoms with E-state index in [9.17, 15) is 0 Å². The summed E-state index contributed by atoms with van der Waals surface area (Å²) < 4.78 is 5.70. The molecule has 5 heteroatoms. The predicted molar refractivity (Wildman–Crippen MR) is 78.8 cm³/mol. The summed E-state index contributed by atoms with van der Waals surface area (Å²) in [5, 5.41) is 4.49. The van der Waals surface area contributed by atoms with E-state index >= 15 is 0 Å². The highest BCUT2D eigenvalue weighted by molar-refractivity contribution is 6.35. The molecule has 0 saturated carbocycles. The lowest BCUT2D eigenvalue weighted by molar-refractivity contribution is 0.498. The molecule has 0 atom stereocenters. The third kappa shape index (κ3) is 3.66. The predicted octanol–water partition coefficient (Wildman–Crippen LogP) is 4.78. The molecule has 1 N–H and O–H groups in total. The minimum atomic E-state index is 0. The second kappa shape index (κ2) is 7.05. The Morgan fingerprint density at radius 1 is 1.17 bits per heavy atom. The van der Waals surface area contributed by atoms with E-state index in [1.54, 1.807) is 18.2 Å². The summed E-state index contributed by atoms with van der Waals surface area (Å²) in [7, 11) is 0. The molecule has 0 aliphatic carbocycles. The van der Waals surface area contributed by atoms with Crippen LogP contribution in [0.3, 0.4) is 0 Å². The molecule has 0 fully saturated rings. The van der Waals surface area contributed by atoms with E-state index in [4.69, 9.17) is 27.6 Å². The molecule has 1 aromatic heterocycles. The van der Waals surface area contributed by atoms with Crippen LogP contribution in [0.1, 0.15) is 12.7 Å². The molecule has 0 unspecified atom stereocenters. The number of hydrogen-bond donors (Lipinski definition) is 1. The number of halogens is 3. The lowest BCUT2D eigenvalue weighted by Crippen LogP contribution is -2.10. The maximum absolute atomic E-state index is 6.11.